The Bertz CT molecular complexity index is 530. The molecule has 5 heteroatoms. The summed E-state index contributed by atoms with van der Waals surface area (Å²) < 4.78 is 1.11. The molecule has 1 fully saturated rings. The molecular weight excluding hydrogens is 369 g/mol. The van der Waals surface area contributed by atoms with Gasteiger partial charge in [0.05, 0.1) is 11.8 Å². The lowest BCUT2D eigenvalue weighted by Crippen LogP contribution is -2.36. The fourth-order valence-electron chi connectivity index (χ4n) is 2.73. The Morgan fingerprint density at radius 2 is 1.90 bits per heavy atom. The van der Waals surface area contributed by atoms with Crippen LogP contribution in [0.15, 0.2) is 18.2 Å². The molecule has 0 heterocycles. The van der Waals surface area contributed by atoms with Crippen molar-refractivity contribution in [1.82, 2.24) is 0 Å². The van der Waals surface area contributed by atoms with Gasteiger partial charge < -0.3 is 10.4 Å². The van der Waals surface area contributed by atoms with Gasteiger partial charge in [0.25, 0.3) is 0 Å². The van der Waals surface area contributed by atoms with E-state index in [1.165, 1.54) is 0 Å². The molecule has 20 heavy (non-hydrogen) atoms. The van der Waals surface area contributed by atoms with Crippen LogP contribution in [-0.4, -0.2) is 17.0 Å². The van der Waals surface area contributed by atoms with Gasteiger partial charge in [0.15, 0.2) is 0 Å². The average Bonchev–Trinajstić information content (AvgIpc) is 2.41. The molecule has 1 aliphatic rings. The van der Waals surface area contributed by atoms with Crippen LogP contribution >= 0.6 is 22.6 Å². The second-order valence-corrected chi connectivity index (χ2v) is 6.53. The summed E-state index contributed by atoms with van der Waals surface area (Å²) in [6.07, 6.45) is 3.07. The van der Waals surface area contributed by atoms with Crippen LogP contribution < -0.4 is 5.32 Å². The van der Waals surface area contributed by atoms with Gasteiger partial charge in [-0.3, -0.25) is 9.59 Å². The van der Waals surface area contributed by atoms with Gasteiger partial charge in [-0.05, 0) is 66.1 Å². The van der Waals surface area contributed by atoms with Crippen molar-refractivity contribution < 1.29 is 14.7 Å². The smallest absolute Gasteiger partial charge is 0.307 e. The van der Waals surface area contributed by atoms with Crippen molar-refractivity contribution in [1.29, 1.82) is 0 Å². The number of carbonyl (C=O) groups is 2. The van der Waals surface area contributed by atoms with Gasteiger partial charge in [-0.25, -0.2) is 0 Å². The third-order valence-corrected chi connectivity index (χ3v) is 4.54. The number of aryl methyl sites for hydroxylation is 1. The highest BCUT2D eigenvalue weighted by Gasteiger charge is 2.35. The quantitative estimate of drug-likeness (QED) is 0.782. The first kappa shape index (κ1) is 15.3. The van der Waals surface area contributed by atoms with Crippen molar-refractivity contribution in [2.24, 2.45) is 11.8 Å². The summed E-state index contributed by atoms with van der Waals surface area (Å²) in [6.45, 7) is 1.94. The third kappa shape index (κ3) is 3.50. The molecule has 1 aromatic rings. The van der Waals surface area contributed by atoms with Gasteiger partial charge >= 0.3 is 5.97 Å². The minimum absolute atomic E-state index is 0.165. The van der Waals surface area contributed by atoms with Crippen LogP contribution in [0, 0.1) is 22.3 Å². The summed E-state index contributed by atoms with van der Waals surface area (Å²) in [6, 6.07) is 5.79. The van der Waals surface area contributed by atoms with E-state index in [0.29, 0.717) is 12.8 Å². The molecule has 1 aliphatic carbocycles. The van der Waals surface area contributed by atoms with Crippen molar-refractivity contribution in [2.75, 3.05) is 5.32 Å². The molecule has 0 radical (unpaired) electrons. The number of hydrogen-bond acceptors (Lipinski definition) is 2. The number of carboxylic acids is 1. The number of carboxylic acid groups (broad SMARTS) is 1. The minimum Gasteiger partial charge on any atom is -0.481 e. The number of benzene rings is 1. The summed E-state index contributed by atoms with van der Waals surface area (Å²) in [4.78, 5) is 23.6. The number of aliphatic carboxylic acids is 1. The Morgan fingerprint density at radius 3 is 2.50 bits per heavy atom. The largest absolute Gasteiger partial charge is 0.481 e. The lowest BCUT2D eigenvalue weighted by molar-refractivity contribution is -0.147. The van der Waals surface area contributed by atoms with Gasteiger partial charge in [-0.1, -0.05) is 12.8 Å². The van der Waals surface area contributed by atoms with Crippen molar-refractivity contribution in [3.8, 4) is 0 Å². The zero-order chi connectivity index (χ0) is 14.7. The van der Waals surface area contributed by atoms with E-state index in [4.69, 9.17) is 0 Å². The first-order valence-electron chi connectivity index (χ1n) is 6.79. The summed E-state index contributed by atoms with van der Waals surface area (Å²) >= 11 is 2.22. The zero-order valence-electron chi connectivity index (χ0n) is 11.4. The standard InChI is InChI=1S/C15H18INO3/c1-9-8-10(16)6-7-13(9)17-14(18)11-4-2-3-5-12(11)15(19)20/h6-8,11-12H,2-5H2,1H3,(H,17,18)(H,19,20). The summed E-state index contributed by atoms with van der Waals surface area (Å²) in [5, 5.41) is 12.1. The molecular formula is C15H18INO3. The fourth-order valence-corrected chi connectivity index (χ4v) is 3.38. The Balaban J connectivity index is 2.12. The van der Waals surface area contributed by atoms with E-state index >= 15 is 0 Å². The topological polar surface area (TPSA) is 66.4 Å². The highest BCUT2D eigenvalue weighted by Crippen LogP contribution is 2.31. The van der Waals surface area contributed by atoms with E-state index in [1.54, 1.807) is 0 Å². The van der Waals surface area contributed by atoms with Crippen LogP contribution in [0.5, 0.6) is 0 Å². The third-order valence-electron chi connectivity index (χ3n) is 3.87. The van der Waals surface area contributed by atoms with Crippen LogP contribution in [0.4, 0.5) is 5.69 Å². The number of hydrogen-bond donors (Lipinski definition) is 2. The highest BCUT2D eigenvalue weighted by molar-refractivity contribution is 14.1. The average molecular weight is 387 g/mol. The molecule has 1 saturated carbocycles. The molecule has 2 atom stereocenters. The van der Waals surface area contributed by atoms with Crippen LogP contribution in [0.3, 0.4) is 0 Å². The Hall–Kier alpha value is -1.11. The summed E-state index contributed by atoms with van der Waals surface area (Å²) in [5.74, 6) is -1.99. The number of carbonyl (C=O) groups excluding carboxylic acids is 1. The monoisotopic (exact) mass is 387 g/mol. The Labute approximate surface area is 132 Å². The SMILES string of the molecule is Cc1cc(I)ccc1NC(=O)C1CCCCC1C(=O)O. The van der Waals surface area contributed by atoms with Gasteiger partial charge in [0.2, 0.25) is 5.91 Å². The zero-order valence-corrected chi connectivity index (χ0v) is 13.5. The maximum Gasteiger partial charge on any atom is 0.307 e. The molecule has 0 bridgehead atoms. The minimum atomic E-state index is -0.857. The first-order chi connectivity index (χ1) is 9.49. The molecule has 0 aromatic heterocycles. The lowest BCUT2D eigenvalue weighted by atomic mass is 9.78. The molecule has 2 N–H and O–H groups in total. The number of rotatable bonds is 3. The molecule has 1 aromatic carbocycles. The molecule has 0 spiro atoms. The molecule has 2 unspecified atom stereocenters. The van der Waals surface area contributed by atoms with Crippen molar-refractivity contribution in [2.45, 2.75) is 32.6 Å². The molecule has 2 rings (SSSR count). The predicted molar refractivity (Wildman–Crippen MR) is 85.6 cm³/mol. The Morgan fingerprint density at radius 1 is 1.25 bits per heavy atom. The maximum absolute atomic E-state index is 12.3. The summed E-state index contributed by atoms with van der Waals surface area (Å²) in [5.41, 5.74) is 1.76. The highest BCUT2D eigenvalue weighted by atomic mass is 127. The van der Waals surface area contributed by atoms with E-state index < -0.39 is 17.8 Å². The van der Waals surface area contributed by atoms with E-state index in [-0.39, 0.29) is 5.91 Å². The second-order valence-electron chi connectivity index (χ2n) is 5.28. The molecule has 1 amide bonds. The number of nitrogens with one attached hydrogen (secondary N) is 1. The second kappa shape index (κ2) is 6.56. The van der Waals surface area contributed by atoms with E-state index in [2.05, 4.69) is 27.9 Å². The van der Waals surface area contributed by atoms with Gasteiger partial charge in [-0.15, -0.1) is 0 Å². The number of anilines is 1. The van der Waals surface area contributed by atoms with Crippen LogP contribution in [0.2, 0.25) is 0 Å². The molecule has 108 valence electrons. The number of halogens is 1. The lowest BCUT2D eigenvalue weighted by Gasteiger charge is -2.27. The molecule has 0 aliphatic heterocycles. The van der Waals surface area contributed by atoms with Crippen molar-refractivity contribution in [3.05, 3.63) is 27.3 Å². The van der Waals surface area contributed by atoms with Crippen molar-refractivity contribution in [3.63, 3.8) is 0 Å². The van der Waals surface area contributed by atoms with Crippen LogP contribution in [-0.2, 0) is 9.59 Å². The van der Waals surface area contributed by atoms with Crippen LogP contribution in [0.1, 0.15) is 31.2 Å². The molecule has 0 saturated heterocycles. The van der Waals surface area contributed by atoms with Gasteiger partial charge in [0, 0.05) is 9.26 Å². The first-order valence-corrected chi connectivity index (χ1v) is 7.86. The van der Waals surface area contributed by atoms with E-state index in [9.17, 15) is 14.7 Å². The van der Waals surface area contributed by atoms with E-state index in [0.717, 1.165) is 27.7 Å². The predicted octanol–water partition coefficient (Wildman–Crippen LogP) is 3.43. The van der Waals surface area contributed by atoms with Gasteiger partial charge in [0.1, 0.15) is 0 Å². The number of amides is 1. The van der Waals surface area contributed by atoms with E-state index in [1.807, 2.05) is 25.1 Å². The normalized spacial score (nSPS) is 22.3. The molecule has 4 nitrogen and oxygen atoms in total. The van der Waals surface area contributed by atoms with Crippen molar-refractivity contribution >= 4 is 40.2 Å². The summed E-state index contributed by atoms with van der Waals surface area (Å²) in [7, 11) is 0. The Kier molecular flexibility index (Phi) is 5.01. The maximum atomic E-state index is 12.3. The van der Waals surface area contributed by atoms with Crippen LogP contribution in [0.25, 0.3) is 0 Å². The fraction of sp³-hybridized carbons (Fsp3) is 0.467. The van der Waals surface area contributed by atoms with Gasteiger partial charge in [-0.2, -0.15) is 0 Å².